The summed E-state index contributed by atoms with van der Waals surface area (Å²) in [7, 11) is 2.95. The van der Waals surface area contributed by atoms with E-state index in [0.717, 1.165) is 11.1 Å². The third-order valence-corrected chi connectivity index (χ3v) is 5.69. The Kier molecular flexibility index (Phi) is 7.92. The van der Waals surface area contributed by atoms with Crippen LogP contribution in [0.2, 0.25) is 0 Å². The zero-order valence-corrected chi connectivity index (χ0v) is 20.1. The smallest absolute Gasteiger partial charge is 0.271 e. The zero-order chi connectivity index (χ0) is 25.5. The summed E-state index contributed by atoms with van der Waals surface area (Å²) in [5.74, 6) is -0.203. The molecule has 4 rings (SSSR count). The fourth-order valence-corrected chi connectivity index (χ4v) is 3.80. The standard InChI is InChI=1S/C27H27FN4O4/c1-35-18-24-30-22(27(34)29-14-21-6-5-7-23(36-2)26(21)28)17-32(24)16-20-11-9-19(10-12-20)15-31-13-4-3-8-25(31)33/h3-9,11-13,15,17H,10,14,16,18H2,1-2H3,(H,29,34). The summed E-state index contributed by atoms with van der Waals surface area (Å²) in [5, 5.41) is 2.71. The van der Waals surface area contributed by atoms with Crippen LogP contribution in [0.15, 0.2) is 83.0 Å². The Hall–Kier alpha value is -4.24. The summed E-state index contributed by atoms with van der Waals surface area (Å²) in [6.07, 6.45) is 11.9. The van der Waals surface area contributed by atoms with Gasteiger partial charge in [-0.3, -0.25) is 14.2 Å². The Morgan fingerprint density at radius 2 is 2.06 bits per heavy atom. The van der Waals surface area contributed by atoms with E-state index < -0.39 is 11.7 Å². The van der Waals surface area contributed by atoms with Crippen LogP contribution in [0.25, 0.3) is 6.20 Å². The van der Waals surface area contributed by atoms with Gasteiger partial charge < -0.3 is 19.4 Å². The minimum Gasteiger partial charge on any atom is -0.494 e. The summed E-state index contributed by atoms with van der Waals surface area (Å²) in [5.41, 5.74) is 2.48. The summed E-state index contributed by atoms with van der Waals surface area (Å²) < 4.78 is 28.0. The van der Waals surface area contributed by atoms with E-state index >= 15 is 0 Å². The molecule has 0 spiro atoms. The largest absolute Gasteiger partial charge is 0.494 e. The number of allylic oxidation sites excluding steroid dienone is 5. The van der Waals surface area contributed by atoms with E-state index in [0.29, 0.717) is 24.4 Å². The van der Waals surface area contributed by atoms with Crippen LogP contribution in [-0.4, -0.2) is 34.2 Å². The van der Waals surface area contributed by atoms with Gasteiger partial charge in [-0.1, -0.05) is 36.4 Å². The molecule has 0 radical (unpaired) electrons. The van der Waals surface area contributed by atoms with Gasteiger partial charge in [0, 0.05) is 50.4 Å². The number of methoxy groups -OCH3 is 2. The van der Waals surface area contributed by atoms with Gasteiger partial charge in [-0.15, -0.1) is 0 Å². The average Bonchev–Trinajstić information content (AvgIpc) is 3.28. The van der Waals surface area contributed by atoms with Crippen molar-refractivity contribution in [3.8, 4) is 5.75 Å². The normalized spacial score (nSPS) is 14.1. The maximum absolute atomic E-state index is 14.4. The number of imidazole rings is 1. The fraction of sp³-hybridized carbons (Fsp3) is 0.222. The van der Waals surface area contributed by atoms with Crippen LogP contribution in [0.4, 0.5) is 4.39 Å². The topological polar surface area (TPSA) is 87.4 Å². The summed E-state index contributed by atoms with van der Waals surface area (Å²) in [4.78, 5) is 29.1. The van der Waals surface area contributed by atoms with Gasteiger partial charge in [-0.2, -0.15) is 0 Å². The number of aromatic nitrogens is 3. The molecular formula is C27H27FN4O4. The van der Waals surface area contributed by atoms with Gasteiger partial charge in [0.05, 0.1) is 7.11 Å². The predicted octanol–water partition coefficient (Wildman–Crippen LogP) is 3.70. The quantitative estimate of drug-likeness (QED) is 0.494. The van der Waals surface area contributed by atoms with E-state index in [1.807, 2.05) is 29.0 Å². The Labute approximate surface area is 208 Å². The molecule has 1 aromatic carbocycles. The molecule has 2 aromatic heterocycles. The van der Waals surface area contributed by atoms with Crippen molar-refractivity contribution < 1.29 is 18.7 Å². The molecule has 0 atom stereocenters. The van der Waals surface area contributed by atoms with Crippen molar-refractivity contribution >= 4 is 12.1 Å². The first-order valence-corrected chi connectivity index (χ1v) is 11.4. The predicted molar refractivity (Wildman–Crippen MR) is 134 cm³/mol. The number of nitrogens with one attached hydrogen (secondary N) is 1. The van der Waals surface area contributed by atoms with Crippen molar-refractivity contribution in [1.29, 1.82) is 0 Å². The molecule has 1 amide bonds. The second-order valence-electron chi connectivity index (χ2n) is 8.19. The van der Waals surface area contributed by atoms with Gasteiger partial charge in [-0.25, -0.2) is 9.37 Å². The molecule has 0 aliphatic heterocycles. The number of halogens is 1. The Morgan fingerprint density at radius 3 is 2.78 bits per heavy atom. The number of ether oxygens (including phenoxy) is 2. The number of hydrogen-bond acceptors (Lipinski definition) is 5. The highest BCUT2D eigenvalue weighted by atomic mass is 19.1. The maximum atomic E-state index is 14.4. The van der Waals surface area contributed by atoms with E-state index in [1.54, 1.807) is 42.3 Å². The van der Waals surface area contributed by atoms with Crippen molar-refractivity contribution in [3.63, 3.8) is 0 Å². The van der Waals surface area contributed by atoms with Gasteiger partial charge in [-0.05, 0) is 29.7 Å². The van der Waals surface area contributed by atoms with Crippen molar-refractivity contribution in [1.82, 2.24) is 19.4 Å². The molecule has 1 aliphatic rings. The van der Waals surface area contributed by atoms with Crippen molar-refractivity contribution in [2.75, 3.05) is 14.2 Å². The molecule has 0 bridgehead atoms. The SMILES string of the molecule is COCc1nc(C(=O)NCc2cccc(OC)c2F)cn1CC1=CCC(=Cn2ccccc2=O)C=C1. The Morgan fingerprint density at radius 1 is 1.19 bits per heavy atom. The van der Waals surface area contributed by atoms with Gasteiger partial charge in [0.1, 0.15) is 18.1 Å². The minimum atomic E-state index is -0.507. The van der Waals surface area contributed by atoms with E-state index in [2.05, 4.69) is 16.4 Å². The summed E-state index contributed by atoms with van der Waals surface area (Å²) in [6.45, 7) is 0.733. The molecule has 0 unspecified atom stereocenters. The Bertz CT molecular complexity index is 1400. The van der Waals surface area contributed by atoms with E-state index in [4.69, 9.17) is 9.47 Å². The van der Waals surface area contributed by atoms with Gasteiger partial charge in [0.2, 0.25) is 0 Å². The van der Waals surface area contributed by atoms with Crippen molar-refractivity contribution in [2.45, 2.75) is 26.1 Å². The third-order valence-electron chi connectivity index (χ3n) is 5.69. The molecule has 1 aliphatic carbocycles. The van der Waals surface area contributed by atoms with Crippen LogP contribution in [0.3, 0.4) is 0 Å². The van der Waals surface area contributed by atoms with E-state index in [9.17, 15) is 14.0 Å². The number of carbonyl (C=O) groups excluding carboxylic acids is 1. The molecule has 0 saturated carbocycles. The first-order chi connectivity index (χ1) is 17.5. The lowest BCUT2D eigenvalue weighted by molar-refractivity contribution is 0.0945. The molecule has 9 heteroatoms. The molecule has 2 heterocycles. The zero-order valence-electron chi connectivity index (χ0n) is 20.1. The number of nitrogens with zero attached hydrogens (tertiary/aromatic N) is 3. The lowest BCUT2D eigenvalue weighted by Gasteiger charge is -2.12. The van der Waals surface area contributed by atoms with Crippen LogP contribution in [0, 0.1) is 5.82 Å². The van der Waals surface area contributed by atoms with Crippen LogP contribution >= 0.6 is 0 Å². The van der Waals surface area contributed by atoms with Crippen LogP contribution in [0.1, 0.15) is 28.3 Å². The lowest BCUT2D eigenvalue weighted by atomic mass is 10.0. The molecule has 1 N–H and O–H groups in total. The molecule has 3 aromatic rings. The van der Waals surface area contributed by atoms with Gasteiger partial charge >= 0.3 is 0 Å². The molecule has 0 fully saturated rings. The molecule has 36 heavy (non-hydrogen) atoms. The maximum Gasteiger partial charge on any atom is 0.271 e. The molecular weight excluding hydrogens is 463 g/mol. The highest BCUT2D eigenvalue weighted by Gasteiger charge is 2.16. The number of carbonyl (C=O) groups is 1. The van der Waals surface area contributed by atoms with E-state index in [-0.39, 0.29) is 30.2 Å². The Balaban J connectivity index is 1.44. The second kappa shape index (κ2) is 11.5. The molecule has 186 valence electrons. The van der Waals surface area contributed by atoms with Gasteiger partial charge in [0.15, 0.2) is 11.6 Å². The molecule has 8 nitrogen and oxygen atoms in total. The van der Waals surface area contributed by atoms with Gasteiger partial charge in [0.25, 0.3) is 11.5 Å². The average molecular weight is 491 g/mol. The number of hydrogen-bond donors (Lipinski definition) is 1. The number of benzene rings is 1. The third kappa shape index (κ3) is 5.87. The summed E-state index contributed by atoms with van der Waals surface area (Å²) in [6, 6.07) is 9.81. The molecule has 0 saturated heterocycles. The van der Waals surface area contributed by atoms with Crippen LogP contribution in [-0.2, 0) is 24.4 Å². The van der Waals surface area contributed by atoms with Crippen molar-refractivity contribution in [3.05, 3.63) is 111 Å². The lowest BCUT2D eigenvalue weighted by Crippen LogP contribution is -2.23. The first-order valence-electron chi connectivity index (χ1n) is 11.4. The van der Waals surface area contributed by atoms with Crippen LogP contribution in [0.5, 0.6) is 5.75 Å². The first kappa shape index (κ1) is 24.9. The summed E-state index contributed by atoms with van der Waals surface area (Å²) >= 11 is 0. The fourth-order valence-electron chi connectivity index (χ4n) is 3.80. The number of amides is 1. The second-order valence-corrected chi connectivity index (χ2v) is 8.19. The number of rotatable bonds is 9. The monoisotopic (exact) mass is 490 g/mol. The number of pyridine rings is 1. The van der Waals surface area contributed by atoms with Crippen molar-refractivity contribution in [2.24, 2.45) is 0 Å². The van der Waals surface area contributed by atoms with E-state index in [1.165, 1.54) is 19.2 Å². The highest BCUT2D eigenvalue weighted by Crippen LogP contribution is 2.21. The van der Waals surface area contributed by atoms with Crippen LogP contribution < -0.4 is 15.6 Å². The highest BCUT2D eigenvalue weighted by molar-refractivity contribution is 5.92. The minimum absolute atomic E-state index is 0.00183.